The summed E-state index contributed by atoms with van der Waals surface area (Å²) in [6.07, 6.45) is 2.18. The topological polar surface area (TPSA) is 75.3 Å². The van der Waals surface area contributed by atoms with E-state index in [-0.39, 0.29) is 12.5 Å². The lowest BCUT2D eigenvalue weighted by molar-refractivity contribution is -0.116. The third kappa shape index (κ3) is 6.50. The molecule has 4 nitrogen and oxygen atoms in total. The van der Waals surface area contributed by atoms with Crippen LogP contribution in [-0.4, -0.2) is 29.1 Å². The number of rotatable bonds is 8. The van der Waals surface area contributed by atoms with Gasteiger partial charge in [0.2, 0.25) is 5.91 Å². The molecule has 0 fully saturated rings. The summed E-state index contributed by atoms with van der Waals surface area (Å²) in [6, 6.07) is 5.50. The largest absolute Gasteiger partial charge is 0.399 e. The zero-order chi connectivity index (χ0) is 14.1. The first-order chi connectivity index (χ1) is 9.13. The Bertz CT molecular complexity index is 410. The highest BCUT2D eigenvalue weighted by molar-refractivity contribution is 7.99. The number of hydrogen-bond acceptors (Lipinski definition) is 4. The molecule has 0 saturated carbocycles. The minimum absolute atomic E-state index is 0.0245. The van der Waals surface area contributed by atoms with E-state index >= 15 is 0 Å². The molecule has 1 aromatic carbocycles. The van der Waals surface area contributed by atoms with Crippen molar-refractivity contribution in [2.24, 2.45) is 0 Å². The van der Waals surface area contributed by atoms with Gasteiger partial charge in [0.15, 0.2) is 0 Å². The average molecular weight is 282 g/mol. The molecule has 106 valence electrons. The van der Waals surface area contributed by atoms with Crippen molar-refractivity contribution in [3.63, 3.8) is 0 Å². The third-order valence-electron chi connectivity index (χ3n) is 2.68. The van der Waals surface area contributed by atoms with Crippen LogP contribution in [0.4, 0.5) is 11.4 Å². The minimum Gasteiger partial charge on any atom is -0.399 e. The summed E-state index contributed by atoms with van der Waals surface area (Å²) in [4.78, 5) is 11.8. The molecule has 0 aliphatic heterocycles. The molecule has 0 spiro atoms. The monoisotopic (exact) mass is 282 g/mol. The van der Waals surface area contributed by atoms with Crippen molar-refractivity contribution in [1.82, 2.24) is 0 Å². The van der Waals surface area contributed by atoms with Gasteiger partial charge in [-0.25, -0.2) is 0 Å². The van der Waals surface area contributed by atoms with Crippen LogP contribution in [0.15, 0.2) is 18.2 Å². The molecule has 0 saturated heterocycles. The Kier molecular flexibility index (Phi) is 7.36. The number of nitrogens with one attached hydrogen (secondary N) is 1. The second-order valence-electron chi connectivity index (χ2n) is 4.42. The van der Waals surface area contributed by atoms with Crippen LogP contribution < -0.4 is 11.1 Å². The third-order valence-corrected chi connectivity index (χ3v) is 3.83. The second kappa shape index (κ2) is 8.82. The Labute approximate surface area is 118 Å². The van der Waals surface area contributed by atoms with Crippen LogP contribution >= 0.6 is 11.8 Å². The number of carbonyl (C=O) groups excluding carboxylic acids is 1. The number of nitrogens with two attached hydrogens (primary N) is 1. The number of benzene rings is 1. The lowest BCUT2D eigenvalue weighted by Gasteiger charge is -2.09. The van der Waals surface area contributed by atoms with Gasteiger partial charge in [-0.15, -0.1) is 0 Å². The van der Waals surface area contributed by atoms with Gasteiger partial charge in [0.25, 0.3) is 0 Å². The summed E-state index contributed by atoms with van der Waals surface area (Å²) in [5.74, 6) is 1.92. The van der Waals surface area contributed by atoms with Crippen molar-refractivity contribution >= 4 is 29.0 Å². The molecular weight excluding hydrogens is 260 g/mol. The normalized spacial score (nSPS) is 10.4. The van der Waals surface area contributed by atoms with E-state index in [0.717, 1.165) is 35.6 Å². The van der Waals surface area contributed by atoms with Gasteiger partial charge in [0.05, 0.1) is 0 Å². The summed E-state index contributed by atoms with van der Waals surface area (Å²) in [5.41, 5.74) is 8.15. The van der Waals surface area contributed by atoms with Gasteiger partial charge in [0.1, 0.15) is 0 Å². The Morgan fingerprint density at radius 1 is 1.37 bits per heavy atom. The molecule has 0 heterocycles. The van der Waals surface area contributed by atoms with Crippen molar-refractivity contribution in [3.8, 4) is 0 Å². The van der Waals surface area contributed by atoms with Crippen molar-refractivity contribution in [1.29, 1.82) is 0 Å². The van der Waals surface area contributed by atoms with Crippen LogP contribution in [0.1, 0.15) is 24.8 Å². The fourth-order valence-electron chi connectivity index (χ4n) is 1.59. The van der Waals surface area contributed by atoms with Crippen LogP contribution in [0.25, 0.3) is 0 Å². The Morgan fingerprint density at radius 2 is 2.11 bits per heavy atom. The number of amides is 1. The number of nitrogen functional groups attached to an aromatic ring is 1. The zero-order valence-electron chi connectivity index (χ0n) is 11.3. The van der Waals surface area contributed by atoms with E-state index in [1.54, 1.807) is 17.8 Å². The second-order valence-corrected chi connectivity index (χ2v) is 5.64. The maximum Gasteiger partial charge on any atom is 0.224 e. The molecule has 1 amide bonds. The molecule has 0 bridgehead atoms. The lowest BCUT2D eigenvalue weighted by Crippen LogP contribution is -2.12. The van der Waals surface area contributed by atoms with Gasteiger partial charge in [-0.3, -0.25) is 4.79 Å². The van der Waals surface area contributed by atoms with Gasteiger partial charge in [-0.1, -0.05) is 6.07 Å². The van der Waals surface area contributed by atoms with Crippen molar-refractivity contribution in [2.75, 3.05) is 29.2 Å². The first kappa shape index (κ1) is 15.9. The molecule has 0 aliphatic rings. The Morgan fingerprint density at radius 3 is 2.84 bits per heavy atom. The van der Waals surface area contributed by atoms with E-state index in [2.05, 4.69) is 5.32 Å². The number of hydrogen-bond donors (Lipinski definition) is 3. The first-order valence-electron chi connectivity index (χ1n) is 6.48. The van der Waals surface area contributed by atoms with Gasteiger partial charge in [0, 0.05) is 24.4 Å². The molecule has 5 heteroatoms. The van der Waals surface area contributed by atoms with Crippen LogP contribution in [0.5, 0.6) is 0 Å². The highest BCUT2D eigenvalue weighted by Crippen LogP contribution is 2.18. The van der Waals surface area contributed by atoms with Gasteiger partial charge in [-0.2, -0.15) is 11.8 Å². The summed E-state index contributed by atoms with van der Waals surface area (Å²) < 4.78 is 0. The molecule has 19 heavy (non-hydrogen) atoms. The number of anilines is 2. The quantitative estimate of drug-likeness (QED) is 0.505. The van der Waals surface area contributed by atoms with E-state index in [1.807, 2.05) is 19.1 Å². The highest BCUT2D eigenvalue weighted by Gasteiger charge is 2.05. The smallest absolute Gasteiger partial charge is 0.224 e. The standard InChI is InChI=1S/C14H22N2O2S/c1-11-5-6-12(15)10-13(11)16-14(18)4-2-8-19-9-3-7-17/h5-6,10,17H,2-4,7-9,15H2,1H3,(H,16,18). The number of aryl methyl sites for hydroxylation is 1. The molecule has 4 N–H and O–H groups in total. The highest BCUT2D eigenvalue weighted by atomic mass is 32.2. The van der Waals surface area contributed by atoms with Crippen LogP contribution in [0.2, 0.25) is 0 Å². The Hall–Kier alpha value is -1.20. The summed E-state index contributed by atoms with van der Waals surface area (Å²) in [6.45, 7) is 2.18. The summed E-state index contributed by atoms with van der Waals surface area (Å²) in [5, 5.41) is 11.5. The van der Waals surface area contributed by atoms with E-state index < -0.39 is 0 Å². The lowest BCUT2D eigenvalue weighted by atomic mass is 10.1. The van der Waals surface area contributed by atoms with Gasteiger partial charge >= 0.3 is 0 Å². The predicted molar refractivity (Wildman–Crippen MR) is 82.5 cm³/mol. The molecule has 0 unspecified atom stereocenters. The van der Waals surface area contributed by atoms with Crippen LogP contribution in [-0.2, 0) is 4.79 Å². The van der Waals surface area contributed by atoms with Crippen LogP contribution in [0, 0.1) is 6.92 Å². The molecule has 0 aliphatic carbocycles. The van der Waals surface area contributed by atoms with Crippen molar-refractivity contribution < 1.29 is 9.90 Å². The molecule has 0 radical (unpaired) electrons. The van der Waals surface area contributed by atoms with Gasteiger partial charge in [-0.05, 0) is 49.0 Å². The first-order valence-corrected chi connectivity index (χ1v) is 7.63. The van der Waals surface area contributed by atoms with E-state index in [0.29, 0.717) is 12.1 Å². The number of thioether (sulfide) groups is 1. The average Bonchev–Trinajstić information content (AvgIpc) is 2.38. The molecule has 1 rings (SSSR count). The zero-order valence-corrected chi connectivity index (χ0v) is 12.1. The predicted octanol–water partition coefficient (Wildman–Crippen LogP) is 2.41. The van der Waals surface area contributed by atoms with Gasteiger partial charge < -0.3 is 16.2 Å². The van der Waals surface area contributed by atoms with E-state index in [9.17, 15) is 4.79 Å². The number of aliphatic hydroxyl groups excluding tert-OH is 1. The minimum atomic E-state index is 0.0245. The molecule has 1 aromatic rings. The summed E-state index contributed by atoms with van der Waals surface area (Å²) in [7, 11) is 0. The maximum absolute atomic E-state index is 11.8. The van der Waals surface area contributed by atoms with E-state index in [1.165, 1.54) is 0 Å². The fourth-order valence-corrected chi connectivity index (χ4v) is 2.48. The van der Waals surface area contributed by atoms with Crippen molar-refractivity contribution in [2.45, 2.75) is 26.2 Å². The number of aliphatic hydroxyl groups is 1. The SMILES string of the molecule is Cc1ccc(N)cc1NC(=O)CCCSCCCO. The molecule has 0 atom stereocenters. The molecular formula is C14H22N2O2S. The van der Waals surface area contributed by atoms with Crippen LogP contribution in [0.3, 0.4) is 0 Å². The maximum atomic E-state index is 11.8. The number of carbonyl (C=O) groups is 1. The van der Waals surface area contributed by atoms with Crippen molar-refractivity contribution in [3.05, 3.63) is 23.8 Å². The van der Waals surface area contributed by atoms with E-state index in [4.69, 9.17) is 10.8 Å². The summed E-state index contributed by atoms with van der Waals surface area (Å²) >= 11 is 1.77. The molecule has 0 aromatic heterocycles. The fraction of sp³-hybridized carbons (Fsp3) is 0.500. The Balaban J connectivity index is 2.25.